The predicted octanol–water partition coefficient (Wildman–Crippen LogP) is 1.17. The minimum atomic E-state index is -0.117. The summed E-state index contributed by atoms with van der Waals surface area (Å²) in [6.45, 7) is 4.30. The van der Waals surface area contributed by atoms with E-state index in [4.69, 9.17) is 4.52 Å². The molecule has 0 bridgehead atoms. The predicted molar refractivity (Wildman–Crippen MR) is 73.1 cm³/mol. The molecule has 20 heavy (non-hydrogen) atoms. The first-order chi connectivity index (χ1) is 9.75. The number of amides is 1. The van der Waals surface area contributed by atoms with Crippen LogP contribution in [-0.4, -0.2) is 46.6 Å². The monoisotopic (exact) mass is 272 g/mol. The lowest BCUT2D eigenvalue weighted by atomic mass is 10.2. The third-order valence-corrected chi connectivity index (χ3v) is 3.41. The second kappa shape index (κ2) is 5.42. The number of rotatable bonds is 2. The summed E-state index contributed by atoms with van der Waals surface area (Å²) >= 11 is 0. The number of carbonyl (C=O) groups excluding carboxylic acids is 1. The summed E-state index contributed by atoms with van der Waals surface area (Å²) in [5, 5.41) is 7.18. The number of nitrogens with one attached hydrogen (secondary N) is 1. The van der Waals surface area contributed by atoms with E-state index in [9.17, 15) is 4.79 Å². The number of piperazine rings is 1. The lowest BCUT2D eigenvalue weighted by Gasteiger charge is -2.33. The van der Waals surface area contributed by atoms with Crippen LogP contribution in [0.4, 0.5) is 0 Å². The summed E-state index contributed by atoms with van der Waals surface area (Å²) in [6, 6.07) is 7.34. The second-order valence-corrected chi connectivity index (χ2v) is 4.84. The maximum atomic E-state index is 12.4. The molecule has 1 aliphatic heterocycles. The van der Waals surface area contributed by atoms with Crippen LogP contribution in [0.25, 0.3) is 11.4 Å². The minimum absolute atomic E-state index is 0.117. The van der Waals surface area contributed by atoms with Gasteiger partial charge in [0.05, 0.1) is 5.69 Å². The second-order valence-electron chi connectivity index (χ2n) is 4.84. The molecule has 1 amide bonds. The van der Waals surface area contributed by atoms with Crippen molar-refractivity contribution in [3.63, 3.8) is 0 Å². The highest BCUT2D eigenvalue weighted by Crippen LogP contribution is 2.18. The summed E-state index contributed by atoms with van der Waals surface area (Å²) < 4.78 is 5.18. The van der Waals surface area contributed by atoms with E-state index in [1.807, 2.05) is 25.1 Å². The Hall–Kier alpha value is -2.21. The molecule has 3 rings (SSSR count). The summed E-state index contributed by atoms with van der Waals surface area (Å²) in [4.78, 5) is 18.4. The van der Waals surface area contributed by atoms with Crippen LogP contribution in [-0.2, 0) is 0 Å². The van der Waals surface area contributed by atoms with Crippen LogP contribution in [0, 0.1) is 0 Å². The van der Waals surface area contributed by atoms with Crippen LogP contribution in [0.15, 0.2) is 35.0 Å². The number of hydrogen-bond donors (Lipinski definition) is 1. The zero-order chi connectivity index (χ0) is 13.9. The van der Waals surface area contributed by atoms with Crippen molar-refractivity contribution in [3.05, 3.63) is 36.2 Å². The molecule has 0 unspecified atom stereocenters. The molecule has 1 saturated heterocycles. The highest BCUT2D eigenvalue weighted by atomic mass is 16.5. The summed E-state index contributed by atoms with van der Waals surface area (Å²) in [6.07, 6.45) is 1.68. The first-order valence-electron chi connectivity index (χ1n) is 6.65. The molecule has 0 saturated carbocycles. The van der Waals surface area contributed by atoms with E-state index >= 15 is 0 Å². The molecule has 3 heterocycles. The number of carbonyl (C=O) groups is 1. The molecular weight excluding hydrogens is 256 g/mol. The van der Waals surface area contributed by atoms with E-state index in [-0.39, 0.29) is 17.7 Å². The highest BCUT2D eigenvalue weighted by Gasteiger charge is 2.27. The van der Waals surface area contributed by atoms with E-state index in [0.717, 1.165) is 13.1 Å². The van der Waals surface area contributed by atoms with E-state index < -0.39 is 0 Å². The van der Waals surface area contributed by atoms with Crippen LogP contribution in [0.2, 0.25) is 0 Å². The number of hydrogen-bond acceptors (Lipinski definition) is 5. The van der Waals surface area contributed by atoms with Crippen molar-refractivity contribution in [1.82, 2.24) is 20.4 Å². The number of nitrogens with zero attached hydrogens (tertiary/aromatic N) is 3. The van der Waals surface area contributed by atoms with Crippen LogP contribution in [0.3, 0.4) is 0 Å². The first-order valence-corrected chi connectivity index (χ1v) is 6.65. The van der Waals surface area contributed by atoms with Crippen molar-refractivity contribution in [2.24, 2.45) is 0 Å². The van der Waals surface area contributed by atoms with Crippen LogP contribution in [0.5, 0.6) is 0 Å². The molecule has 1 aliphatic rings. The van der Waals surface area contributed by atoms with Gasteiger partial charge in [-0.15, -0.1) is 0 Å². The molecular formula is C14H16N4O2. The Balaban J connectivity index is 1.81. The molecule has 1 fully saturated rings. The van der Waals surface area contributed by atoms with Crippen molar-refractivity contribution >= 4 is 5.91 Å². The Morgan fingerprint density at radius 1 is 1.45 bits per heavy atom. The van der Waals surface area contributed by atoms with Gasteiger partial charge >= 0.3 is 0 Å². The van der Waals surface area contributed by atoms with Gasteiger partial charge in [-0.05, 0) is 19.1 Å². The molecule has 1 N–H and O–H groups in total. The van der Waals surface area contributed by atoms with Crippen molar-refractivity contribution < 1.29 is 9.32 Å². The Morgan fingerprint density at radius 2 is 2.35 bits per heavy atom. The first kappa shape index (κ1) is 12.8. The molecule has 0 spiro atoms. The summed E-state index contributed by atoms with van der Waals surface area (Å²) in [7, 11) is 0. The average molecular weight is 272 g/mol. The zero-order valence-electron chi connectivity index (χ0n) is 11.2. The fraction of sp³-hybridized carbons (Fsp3) is 0.357. The topological polar surface area (TPSA) is 71.3 Å². The average Bonchev–Trinajstić information content (AvgIpc) is 2.98. The van der Waals surface area contributed by atoms with Gasteiger partial charge in [0, 0.05) is 37.9 Å². The Bertz CT molecular complexity index is 596. The van der Waals surface area contributed by atoms with Gasteiger partial charge in [-0.2, -0.15) is 0 Å². The quantitative estimate of drug-likeness (QED) is 0.888. The highest BCUT2D eigenvalue weighted by molar-refractivity contribution is 5.92. The van der Waals surface area contributed by atoms with Gasteiger partial charge in [0.2, 0.25) is 5.76 Å². The lowest BCUT2D eigenvalue weighted by molar-refractivity contribution is 0.0613. The van der Waals surface area contributed by atoms with Crippen LogP contribution < -0.4 is 5.32 Å². The van der Waals surface area contributed by atoms with Crippen LogP contribution in [0.1, 0.15) is 17.5 Å². The normalized spacial score (nSPS) is 19.1. The van der Waals surface area contributed by atoms with Gasteiger partial charge in [0.15, 0.2) is 0 Å². The number of aromatic nitrogens is 2. The molecule has 104 valence electrons. The molecule has 0 aliphatic carbocycles. The third-order valence-electron chi connectivity index (χ3n) is 3.41. The van der Waals surface area contributed by atoms with Gasteiger partial charge in [-0.1, -0.05) is 11.2 Å². The summed E-state index contributed by atoms with van der Waals surface area (Å²) in [5.41, 5.74) is 1.28. The van der Waals surface area contributed by atoms with Crippen LogP contribution >= 0.6 is 0 Å². The molecule has 2 aromatic rings. The van der Waals surface area contributed by atoms with Gasteiger partial charge in [-0.25, -0.2) is 0 Å². The van der Waals surface area contributed by atoms with E-state index in [1.54, 1.807) is 17.2 Å². The van der Waals surface area contributed by atoms with Crippen molar-refractivity contribution in [3.8, 4) is 11.4 Å². The Kier molecular flexibility index (Phi) is 3.47. The standard InChI is InChI=1S/C14H16N4O2/c1-10-9-15-6-7-18(10)14(19)13-8-12(17-20-13)11-4-2-3-5-16-11/h2-5,8,10,15H,6-7,9H2,1H3/t10-/m1/s1. The van der Waals surface area contributed by atoms with Gasteiger partial charge < -0.3 is 14.7 Å². The fourth-order valence-corrected chi connectivity index (χ4v) is 2.30. The maximum Gasteiger partial charge on any atom is 0.292 e. The third kappa shape index (κ3) is 2.42. The molecule has 2 aromatic heterocycles. The Morgan fingerprint density at radius 3 is 3.10 bits per heavy atom. The number of pyridine rings is 1. The minimum Gasteiger partial charge on any atom is -0.350 e. The lowest BCUT2D eigenvalue weighted by Crippen LogP contribution is -2.52. The molecule has 0 aromatic carbocycles. The van der Waals surface area contributed by atoms with Gasteiger partial charge in [0.1, 0.15) is 5.69 Å². The molecule has 6 nitrogen and oxygen atoms in total. The largest absolute Gasteiger partial charge is 0.350 e. The van der Waals surface area contributed by atoms with E-state index in [1.165, 1.54) is 0 Å². The summed E-state index contributed by atoms with van der Waals surface area (Å²) in [5.74, 6) is 0.146. The zero-order valence-corrected chi connectivity index (χ0v) is 11.2. The smallest absolute Gasteiger partial charge is 0.292 e. The SMILES string of the molecule is C[C@@H]1CNCCN1C(=O)c1cc(-c2ccccn2)no1. The fourth-order valence-electron chi connectivity index (χ4n) is 2.30. The van der Waals surface area contributed by atoms with Crippen molar-refractivity contribution in [2.45, 2.75) is 13.0 Å². The Labute approximate surface area is 116 Å². The molecule has 0 radical (unpaired) electrons. The van der Waals surface area contributed by atoms with Gasteiger partial charge in [0.25, 0.3) is 5.91 Å². The van der Waals surface area contributed by atoms with Gasteiger partial charge in [-0.3, -0.25) is 9.78 Å². The maximum absolute atomic E-state index is 12.4. The van der Waals surface area contributed by atoms with E-state index in [0.29, 0.717) is 17.9 Å². The van der Waals surface area contributed by atoms with E-state index in [2.05, 4.69) is 15.5 Å². The molecule has 6 heteroatoms. The molecule has 1 atom stereocenters. The van der Waals surface area contributed by atoms with Crippen molar-refractivity contribution in [2.75, 3.05) is 19.6 Å². The van der Waals surface area contributed by atoms with Crippen molar-refractivity contribution in [1.29, 1.82) is 0 Å².